The van der Waals surface area contributed by atoms with Crippen LogP contribution in [0.5, 0.6) is 0 Å². The van der Waals surface area contributed by atoms with Crippen molar-refractivity contribution in [3.8, 4) is 0 Å². The Morgan fingerprint density at radius 1 is 1.40 bits per heavy atom. The quantitative estimate of drug-likeness (QED) is 0.748. The maximum atomic E-state index is 12.5. The Morgan fingerprint density at radius 3 is 2.53 bits per heavy atom. The van der Waals surface area contributed by atoms with Gasteiger partial charge in [-0.1, -0.05) is 25.1 Å². The predicted molar refractivity (Wildman–Crippen MR) is 55.2 cm³/mol. The first kappa shape index (κ1) is 11.8. The van der Waals surface area contributed by atoms with Gasteiger partial charge in [-0.15, -0.1) is 0 Å². The molecule has 15 heavy (non-hydrogen) atoms. The zero-order chi connectivity index (χ0) is 11.4. The van der Waals surface area contributed by atoms with Crippen molar-refractivity contribution >= 4 is 5.78 Å². The minimum atomic E-state index is -2.44. The summed E-state index contributed by atoms with van der Waals surface area (Å²) < 4.78 is 25.1. The van der Waals surface area contributed by atoms with Crippen molar-refractivity contribution in [3.05, 3.63) is 34.9 Å². The lowest BCUT2D eigenvalue weighted by molar-refractivity contribution is -0.116. The number of hydrogen-bond acceptors (Lipinski definition) is 1. The average Bonchev–Trinajstić information content (AvgIpc) is 2.16. The van der Waals surface area contributed by atoms with Gasteiger partial charge in [-0.25, -0.2) is 8.78 Å². The Morgan fingerprint density at radius 2 is 2.07 bits per heavy atom. The molecule has 3 heteroatoms. The summed E-state index contributed by atoms with van der Waals surface area (Å²) in [7, 11) is 0. The zero-order valence-corrected chi connectivity index (χ0v) is 8.89. The molecule has 0 atom stereocenters. The molecule has 0 aromatic heterocycles. The topological polar surface area (TPSA) is 17.1 Å². The summed E-state index contributed by atoms with van der Waals surface area (Å²) in [5.41, 5.74) is 1.51. The molecule has 0 radical (unpaired) electrons. The van der Waals surface area contributed by atoms with E-state index in [1.807, 2.05) is 6.92 Å². The number of alkyl halides is 2. The van der Waals surface area contributed by atoms with Gasteiger partial charge in [0.15, 0.2) is 0 Å². The number of ketones is 1. The Hall–Kier alpha value is -1.25. The van der Waals surface area contributed by atoms with Crippen LogP contribution in [-0.4, -0.2) is 5.78 Å². The molecule has 0 aliphatic heterocycles. The largest absolute Gasteiger partial charge is 0.300 e. The van der Waals surface area contributed by atoms with Crippen molar-refractivity contribution in [3.63, 3.8) is 0 Å². The molecule has 82 valence electrons. The first-order valence-corrected chi connectivity index (χ1v) is 4.94. The summed E-state index contributed by atoms with van der Waals surface area (Å²) in [4.78, 5) is 10.9. The molecule has 0 aliphatic carbocycles. The maximum Gasteiger partial charge on any atom is 0.264 e. The molecular weight excluding hydrogens is 198 g/mol. The monoisotopic (exact) mass is 212 g/mol. The molecule has 0 N–H and O–H groups in total. The van der Waals surface area contributed by atoms with E-state index in [0.717, 1.165) is 5.56 Å². The minimum absolute atomic E-state index is 0.0434. The number of Topliss-reactive ketones (excluding diaryl/α,β-unsaturated/α-hetero) is 1. The predicted octanol–water partition coefficient (Wildman–Crippen LogP) is 3.32. The molecule has 0 fully saturated rings. The Bertz CT molecular complexity index is 359. The van der Waals surface area contributed by atoms with E-state index in [1.165, 1.54) is 13.0 Å². The second-order valence-electron chi connectivity index (χ2n) is 3.57. The van der Waals surface area contributed by atoms with E-state index in [4.69, 9.17) is 0 Å². The van der Waals surface area contributed by atoms with Crippen LogP contribution in [0.3, 0.4) is 0 Å². The normalized spacial score (nSPS) is 10.7. The summed E-state index contributed by atoms with van der Waals surface area (Å²) in [6, 6.07) is 4.72. The highest BCUT2D eigenvalue weighted by Gasteiger charge is 2.12. The molecule has 0 spiro atoms. The second kappa shape index (κ2) is 5.01. The molecule has 0 saturated heterocycles. The highest BCUT2D eigenvalue weighted by atomic mass is 19.3. The first-order chi connectivity index (χ1) is 7.04. The van der Waals surface area contributed by atoms with E-state index >= 15 is 0 Å². The van der Waals surface area contributed by atoms with Gasteiger partial charge >= 0.3 is 0 Å². The van der Waals surface area contributed by atoms with Gasteiger partial charge in [0.05, 0.1) is 0 Å². The van der Waals surface area contributed by atoms with Gasteiger partial charge in [-0.3, -0.25) is 4.79 Å². The Balaban J connectivity index is 3.02. The highest BCUT2D eigenvalue weighted by Crippen LogP contribution is 2.24. The van der Waals surface area contributed by atoms with Crippen LogP contribution in [0.15, 0.2) is 18.2 Å². The zero-order valence-electron chi connectivity index (χ0n) is 8.89. The van der Waals surface area contributed by atoms with Gasteiger partial charge in [0.2, 0.25) is 0 Å². The lowest BCUT2D eigenvalue weighted by atomic mass is 10.00. The van der Waals surface area contributed by atoms with Crippen molar-refractivity contribution in [2.45, 2.75) is 33.1 Å². The van der Waals surface area contributed by atoms with Gasteiger partial charge in [-0.2, -0.15) is 0 Å². The van der Waals surface area contributed by atoms with Crippen LogP contribution >= 0.6 is 0 Å². The fourth-order valence-electron chi connectivity index (χ4n) is 1.58. The van der Waals surface area contributed by atoms with Crippen LogP contribution < -0.4 is 0 Å². The number of aryl methyl sites for hydroxylation is 1. The second-order valence-corrected chi connectivity index (χ2v) is 3.57. The molecule has 1 aromatic rings. The average molecular weight is 212 g/mol. The molecule has 1 nitrogen and oxygen atoms in total. The molecule has 0 bridgehead atoms. The van der Waals surface area contributed by atoms with Crippen LogP contribution in [0, 0.1) is 0 Å². The number of rotatable bonds is 4. The first-order valence-electron chi connectivity index (χ1n) is 4.94. The van der Waals surface area contributed by atoms with Crippen LogP contribution in [0.2, 0.25) is 0 Å². The summed E-state index contributed by atoms with van der Waals surface area (Å²) >= 11 is 0. The Kier molecular flexibility index (Phi) is 3.95. The standard InChI is InChI=1S/C12H14F2O/c1-3-10-7-9(6-8(2)15)4-5-11(10)12(13)14/h4-5,7,12H,3,6H2,1-2H3. The molecule has 0 heterocycles. The van der Waals surface area contributed by atoms with Crippen molar-refractivity contribution in [2.75, 3.05) is 0 Å². The fraction of sp³-hybridized carbons (Fsp3) is 0.417. The van der Waals surface area contributed by atoms with Gasteiger partial charge in [0, 0.05) is 12.0 Å². The molecule has 0 aliphatic rings. The minimum Gasteiger partial charge on any atom is -0.300 e. The maximum absolute atomic E-state index is 12.5. The highest BCUT2D eigenvalue weighted by molar-refractivity contribution is 5.78. The van der Waals surface area contributed by atoms with Crippen molar-refractivity contribution in [2.24, 2.45) is 0 Å². The van der Waals surface area contributed by atoms with Crippen LogP contribution in [0.25, 0.3) is 0 Å². The van der Waals surface area contributed by atoms with Crippen molar-refractivity contribution in [1.29, 1.82) is 0 Å². The van der Waals surface area contributed by atoms with E-state index in [1.54, 1.807) is 12.1 Å². The van der Waals surface area contributed by atoms with Gasteiger partial charge in [0.1, 0.15) is 5.78 Å². The van der Waals surface area contributed by atoms with Gasteiger partial charge in [-0.05, 0) is 24.5 Å². The van der Waals surface area contributed by atoms with Crippen molar-refractivity contribution < 1.29 is 13.6 Å². The summed E-state index contributed by atoms with van der Waals surface area (Å²) in [5.74, 6) is 0.0434. The molecule has 0 amide bonds. The smallest absolute Gasteiger partial charge is 0.264 e. The van der Waals surface area contributed by atoms with E-state index in [2.05, 4.69) is 0 Å². The number of halogens is 2. The number of benzene rings is 1. The third-order valence-electron chi connectivity index (χ3n) is 2.28. The summed E-state index contributed by atoms with van der Waals surface area (Å²) in [6.07, 6.45) is -1.56. The molecule has 1 aromatic carbocycles. The molecule has 1 rings (SSSR count). The summed E-state index contributed by atoms with van der Waals surface area (Å²) in [5, 5.41) is 0. The lowest BCUT2D eigenvalue weighted by Gasteiger charge is -2.08. The third kappa shape index (κ3) is 3.11. The van der Waals surface area contributed by atoms with E-state index in [-0.39, 0.29) is 11.3 Å². The Labute approximate surface area is 88.1 Å². The molecule has 0 saturated carbocycles. The van der Waals surface area contributed by atoms with Crippen LogP contribution in [0.1, 0.15) is 37.0 Å². The van der Waals surface area contributed by atoms with Crippen molar-refractivity contribution in [1.82, 2.24) is 0 Å². The molecular formula is C12H14F2O. The fourth-order valence-corrected chi connectivity index (χ4v) is 1.58. The third-order valence-corrected chi connectivity index (χ3v) is 2.28. The van der Waals surface area contributed by atoms with Crippen LogP contribution in [-0.2, 0) is 17.6 Å². The lowest BCUT2D eigenvalue weighted by Crippen LogP contribution is -2.00. The van der Waals surface area contributed by atoms with Crippen LogP contribution in [0.4, 0.5) is 8.78 Å². The van der Waals surface area contributed by atoms with E-state index in [0.29, 0.717) is 18.4 Å². The SMILES string of the molecule is CCc1cc(CC(C)=O)ccc1C(F)F. The number of carbonyl (C=O) groups excluding carboxylic acids is 1. The van der Waals surface area contributed by atoms with E-state index in [9.17, 15) is 13.6 Å². The van der Waals surface area contributed by atoms with E-state index < -0.39 is 6.43 Å². The number of hydrogen-bond donors (Lipinski definition) is 0. The van der Waals surface area contributed by atoms with Gasteiger partial charge in [0.25, 0.3) is 6.43 Å². The van der Waals surface area contributed by atoms with Gasteiger partial charge < -0.3 is 0 Å². The summed E-state index contributed by atoms with van der Waals surface area (Å²) in [6.45, 7) is 3.32. The molecule has 0 unspecified atom stereocenters. The number of carbonyl (C=O) groups is 1.